The van der Waals surface area contributed by atoms with Crippen molar-refractivity contribution in [3.05, 3.63) is 64.8 Å². The molecule has 0 aliphatic heterocycles. The number of aromatic nitrogens is 1. The van der Waals surface area contributed by atoms with Gasteiger partial charge in [0.1, 0.15) is 0 Å². The molecule has 2 N–H and O–H groups in total. The van der Waals surface area contributed by atoms with Crippen LogP contribution in [0.15, 0.2) is 59.2 Å². The largest absolute Gasteiger partial charge is 0.326 e. The van der Waals surface area contributed by atoms with Gasteiger partial charge in [0.15, 0.2) is 0 Å². The van der Waals surface area contributed by atoms with Gasteiger partial charge in [0.05, 0.1) is 5.52 Å². The van der Waals surface area contributed by atoms with Gasteiger partial charge in [-0.3, -0.25) is 4.98 Å². The Kier molecular flexibility index (Phi) is 3.32. The molecule has 1 heterocycles. The van der Waals surface area contributed by atoms with Crippen LogP contribution in [0.5, 0.6) is 0 Å². The third-order valence-corrected chi connectivity index (χ3v) is 3.86. The first-order valence-electron chi connectivity index (χ1n) is 6.11. The van der Waals surface area contributed by atoms with Crippen LogP contribution in [0, 0.1) is 0 Å². The molecule has 0 saturated carbocycles. The van der Waals surface area contributed by atoms with Crippen LogP contribution < -0.4 is 5.73 Å². The lowest BCUT2D eigenvalue weighted by Crippen LogP contribution is -1.95. The zero-order valence-corrected chi connectivity index (χ0v) is 11.9. The normalized spacial score (nSPS) is 10.8. The first kappa shape index (κ1) is 12.3. The number of nitrogens with zero attached hydrogens (tertiary/aromatic N) is 1. The lowest BCUT2D eigenvalue weighted by molar-refractivity contribution is 1.07. The molecule has 1 aromatic heterocycles. The van der Waals surface area contributed by atoms with E-state index in [4.69, 9.17) is 5.73 Å². The molecular formula is C16H13BrN2. The number of fused-ring (bicyclic) bond motifs is 1. The smallest absolute Gasteiger partial charge is 0.0702 e. The highest BCUT2D eigenvalue weighted by Crippen LogP contribution is 2.29. The molecule has 0 unspecified atom stereocenters. The van der Waals surface area contributed by atoms with Crippen molar-refractivity contribution in [2.24, 2.45) is 5.73 Å². The second-order valence-electron chi connectivity index (χ2n) is 4.44. The highest BCUT2D eigenvalue weighted by atomic mass is 79.9. The van der Waals surface area contributed by atoms with Crippen molar-refractivity contribution in [3.8, 4) is 11.1 Å². The summed E-state index contributed by atoms with van der Waals surface area (Å²) in [7, 11) is 0. The Morgan fingerprint density at radius 3 is 2.68 bits per heavy atom. The van der Waals surface area contributed by atoms with E-state index in [9.17, 15) is 0 Å². The maximum absolute atomic E-state index is 5.69. The van der Waals surface area contributed by atoms with Gasteiger partial charge in [-0.25, -0.2) is 0 Å². The molecule has 0 bridgehead atoms. The Bertz CT molecular complexity index is 738. The summed E-state index contributed by atoms with van der Waals surface area (Å²) in [6, 6.07) is 16.4. The molecule has 0 amide bonds. The standard InChI is InChI=1S/C16H13BrN2/c17-15-4-2-1-3-14(15)13-8-12-7-11(9-18)5-6-16(12)19-10-13/h1-8,10H,9,18H2. The Morgan fingerprint density at radius 2 is 1.89 bits per heavy atom. The average Bonchev–Trinajstić information content (AvgIpc) is 2.46. The zero-order valence-electron chi connectivity index (χ0n) is 10.3. The van der Waals surface area contributed by atoms with E-state index in [2.05, 4.69) is 39.1 Å². The number of pyridine rings is 1. The van der Waals surface area contributed by atoms with Gasteiger partial charge in [-0.15, -0.1) is 0 Å². The lowest BCUT2D eigenvalue weighted by Gasteiger charge is -2.06. The highest BCUT2D eigenvalue weighted by Gasteiger charge is 2.04. The van der Waals surface area contributed by atoms with E-state index in [1.807, 2.05) is 36.5 Å². The maximum Gasteiger partial charge on any atom is 0.0702 e. The van der Waals surface area contributed by atoms with E-state index in [0.717, 1.165) is 32.1 Å². The monoisotopic (exact) mass is 312 g/mol. The summed E-state index contributed by atoms with van der Waals surface area (Å²) >= 11 is 3.58. The van der Waals surface area contributed by atoms with Crippen molar-refractivity contribution in [2.45, 2.75) is 6.54 Å². The van der Waals surface area contributed by atoms with E-state index < -0.39 is 0 Å². The van der Waals surface area contributed by atoms with Crippen molar-refractivity contribution in [1.82, 2.24) is 4.98 Å². The van der Waals surface area contributed by atoms with Gasteiger partial charge in [-0.2, -0.15) is 0 Å². The number of hydrogen-bond donors (Lipinski definition) is 1. The van der Waals surface area contributed by atoms with E-state index in [1.165, 1.54) is 0 Å². The summed E-state index contributed by atoms with van der Waals surface area (Å²) in [5, 5.41) is 1.12. The van der Waals surface area contributed by atoms with Crippen LogP contribution >= 0.6 is 15.9 Å². The van der Waals surface area contributed by atoms with Gasteiger partial charge in [0.2, 0.25) is 0 Å². The minimum Gasteiger partial charge on any atom is -0.326 e. The van der Waals surface area contributed by atoms with E-state index in [-0.39, 0.29) is 0 Å². The van der Waals surface area contributed by atoms with Crippen LogP contribution in [0.3, 0.4) is 0 Å². The SMILES string of the molecule is NCc1ccc2ncc(-c3ccccc3Br)cc2c1. The summed E-state index contributed by atoms with van der Waals surface area (Å²) in [5.41, 5.74) is 10.1. The number of halogens is 1. The number of benzene rings is 2. The molecule has 3 aromatic rings. The minimum absolute atomic E-state index is 0.551. The van der Waals surface area contributed by atoms with Crippen LogP contribution in [0.2, 0.25) is 0 Å². The van der Waals surface area contributed by atoms with Gasteiger partial charge in [-0.1, -0.05) is 40.2 Å². The van der Waals surface area contributed by atoms with Crippen molar-refractivity contribution >= 4 is 26.8 Å². The molecule has 0 saturated heterocycles. The van der Waals surface area contributed by atoms with Crippen molar-refractivity contribution < 1.29 is 0 Å². The van der Waals surface area contributed by atoms with Gasteiger partial charge < -0.3 is 5.73 Å². The van der Waals surface area contributed by atoms with E-state index >= 15 is 0 Å². The van der Waals surface area contributed by atoms with Gasteiger partial charge in [-0.05, 0) is 35.4 Å². The fourth-order valence-corrected chi connectivity index (χ4v) is 2.66. The summed E-state index contributed by atoms with van der Waals surface area (Å²) < 4.78 is 1.08. The summed E-state index contributed by atoms with van der Waals surface area (Å²) in [5.74, 6) is 0. The Hall–Kier alpha value is -1.71. The predicted molar refractivity (Wildman–Crippen MR) is 82.8 cm³/mol. The predicted octanol–water partition coefficient (Wildman–Crippen LogP) is 4.12. The quantitative estimate of drug-likeness (QED) is 0.773. The van der Waals surface area contributed by atoms with E-state index in [1.54, 1.807) is 0 Å². The fraction of sp³-hybridized carbons (Fsp3) is 0.0625. The lowest BCUT2D eigenvalue weighted by atomic mass is 10.0. The molecule has 2 aromatic carbocycles. The molecule has 0 atom stereocenters. The molecule has 0 radical (unpaired) electrons. The molecule has 94 valence electrons. The van der Waals surface area contributed by atoms with E-state index in [0.29, 0.717) is 6.54 Å². The van der Waals surface area contributed by atoms with Gasteiger partial charge in [0.25, 0.3) is 0 Å². The Morgan fingerprint density at radius 1 is 1.05 bits per heavy atom. The first-order valence-corrected chi connectivity index (χ1v) is 6.91. The van der Waals surface area contributed by atoms with Crippen LogP contribution in [0.4, 0.5) is 0 Å². The maximum atomic E-state index is 5.69. The molecule has 2 nitrogen and oxygen atoms in total. The number of rotatable bonds is 2. The molecule has 3 rings (SSSR count). The highest BCUT2D eigenvalue weighted by molar-refractivity contribution is 9.10. The average molecular weight is 313 g/mol. The summed E-state index contributed by atoms with van der Waals surface area (Å²) in [4.78, 5) is 4.51. The van der Waals surface area contributed by atoms with Crippen molar-refractivity contribution in [2.75, 3.05) is 0 Å². The molecule has 0 aliphatic carbocycles. The van der Waals surface area contributed by atoms with Crippen LogP contribution in [-0.2, 0) is 6.54 Å². The third-order valence-electron chi connectivity index (χ3n) is 3.17. The molecule has 0 aliphatic rings. The first-order chi connectivity index (χ1) is 9.28. The van der Waals surface area contributed by atoms with Crippen molar-refractivity contribution in [1.29, 1.82) is 0 Å². The number of nitrogens with two attached hydrogens (primary N) is 1. The Labute approximate surface area is 120 Å². The minimum atomic E-state index is 0.551. The van der Waals surface area contributed by atoms with Crippen molar-refractivity contribution in [3.63, 3.8) is 0 Å². The topological polar surface area (TPSA) is 38.9 Å². The second-order valence-corrected chi connectivity index (χ2v) is 5.29. The molecule has 0 spiro atoms. The zero-order chi connectivity index (χ0) is 13.2. The fourth-order valence-electron chi connectivity index (χ4n) is 2.15. The molecule has 19 heavy (non-hydrogen) atoms. The number of hydrogen-bond acceptors (Lipinski definition) is 2. The van der Waals surface area contributed by atoms with Crippen LogP contribution in [0.1, 0.15) is 5.56 Å². The summed E-state index contributed by atoms with van der Waals surface area (Å²) in [6.07, 6.45) is 1.91. The molecule has 0 fully saturated rings. The molecular weight excluding hydrogens is 300 g/mol. The van der Waals surface area contributed by atoms with Gasteiger partial charge in [0, 0.05) is 28.2 Å². The van der Waals surface area contributed by atoms with Crippen LogP contribution in [0.25, 0.3) is 22.0 Å². The second kappa shape index (κ2) is 5.11. The third kappa shape index (κ3) is 2.39. The van der Waals surface area contributed by atoms with Gasteiger partial charge >= 0.3 is 0 Å². The molecule has 3 heteroatoms. The Balaban J connectivity index is 2.18. The summed E-state index contributed by atoms with van der Waals surface area (Å²) in [6.45, 7) is 0.551. The van der Waals surface area contributed by atoms with Crippen LogP contribution in [-0.4, -0.2) is 4.98 Å².